The Bertz CT molecular complexity index is 667. The quantitative estimate of drug-likeness (QED) is 0.796. The molecule has 2 aromatic rings. The van der Waals surface area contributed by atoms with E-state index < -0.39 is 5.97 Å². The molecule has 0 unspecified atom stereocenters. The van der Waals surface area contributed by atoms with Gasteiger partial charge in [0.1, 0.15) is 5.58 Å². The fourth-order valence-electron chi connectivity index (χ4n) is 1.96. The van der Waals surface area contributed by atoms with Crippen molar-refractivity contribution in [1.29, 1.82) is 0 Å². The second kappa shape index (κ2) is 5.26. The molecular weight excluding hydrogens is 244 g/mol. The predicted molar refractivity (Wildman–Crippen MR) is 72.5 cm³/mol. The maximum atomic E-state index is 12.0. The molecule has 0 bridgehead atoms. The van der Waals surface area contributed by atoms with E-state index in [0.29, 0.717) is 11.0 Å². The van der Waals surface area contributed by atoms with Crippen molar-refractivity contribution in [2.24, 2.45) is 0 Å². The Morgan fingerprint density at radius 1 is 1.37 bits per heavy atom. The summed E-state index contributed by atoms with van der Waals surface area (Å²) in [7, 11) is 0. The van der Waals surface area contributed by atoms with Gasteiger partial charge in [0.15, 0.2) is 5.43 Å². The Balaban J connectivity index is 2.70. The first-order valence-corrected chi connectivity index (χ1v) is 6.28. The van der Waals surface area contributed by atoms with E-state index in [2.05, 4.69) is 0 Å². The van der Waals surface area contributed by atoms with E-state index in [1.807, 2.05) is 26.0 Å². The Kier molecular flexibility index (Phi) is 3.69. The standard InChI is InChI=1S/C15H16O4/c1-4-18-15(17)13-8-12(16)11-7-5-6-10(9(2)3)14(11)19-13/h5-9H,4H2,1-3H3. The average molecular weight is 260 g/mol. The fourth-order valence-corrected chi connectivity index (χ4v) is 1.96. The van der Waals surface area contributed by atoms with Crippen LogP contribution in [0.1, 0.15) is 42.8 Å². The Morgan fingerprint density at radius 3 is 2.74 bits per heavy atom. The van der Waals surface area contributed by atoms with E-state index in [1.54, 1.807) is 13.0 Å². The molecule has 4 nitrogen and oxygen atoms in total. The number of para-hydroxylation sites is 1. The molecule has 0 aliphatic carbocycles. The first-order valence-electron chi connectivity index (χ1n) is 6.28. The van der Waals surface area contributed by atoms with Gasteiger partial charge in [0.2, 0.25) is 5.76 Å². The van der Waals surface area contributed by atoms with Gasteiger partial charge in [-0.3, -0.25) is 4.79 Å². The van der Waals surface area contributed by atoms with Crippen LogP contribution in [0.15, 0.2) is 33.5 Å². The van der Waals surface area contributed by atoms with Crippen molar-refractivity contribution in [2.75, 3.05) is 6.61 Å². The van der Waals surface area contributed by atoms with E-state index in [9.17, 15) is 9.59 Å². The summed E-state index contributed by atoms with van der Waals surface area (Å²) in [5.41, 5.74) is 1.14. The van der Waals surface area contributed by atoms with Gasteiger partial charge in [-0.05, 0) is 24.5 Å². The number of hydrogen-bond acceptors (Lipinski definition) is 4. The first kappa shape index (κ1) is 13.3. The summed E-state index contributed by atoms with van der Waals surface area (Å²) in [5, 5.41) is 0.485. The van der Waals surface area contributed by atoms with Crippen LogP contribution in [0.4, 0.5) is 0 Å². The van der Waals surface area contributed by atoms with Crippen molar-refractivity contribution in [1.82, 2.24) is 0 Å². The predicted octanol–water partition coefficient (Wildman–Crippen LogP) is 3.09. The van der Waals surface area contributed by atoms with Crippen molar-refractivity contribution in [3.8, 4) is 0 Å². The third kappa shape index (κ3) is 2.52. The molecule has 0 saturated carbocycles. The lowest BCUT2D eigenvalue weighted by atomic mass is 10.0. The van der Waals surface area contributed by atoms with Crippen LogP contribution in [0.2, 0.25) is 0 Å². The monoisotopic (exact) mass is 260 g/mol. The van der Waals surface area contributed by atoms with Crippen LogP contribution < -0.4 is 5.43 Å². The second-order valence-corrected chi connectivity index (χ2v) is 4.57. The topological polar surface area (TPSA) is 56.5 Å². The third-order valence-electron chi connectivity index (χ3n) is 2.88. The van der Waals surface area contributed by atoms with Crippen LogP contribution in [0.3, 0.4) is 0 Å². The molecule has 0 spiro atoms. The van der Waals surface area contributed by atoms with Gasteiger partial charge >= 0.3 is 5.97 Å². The van der Waals surface area contributed by atoms with Gasteiger partial charge in [-0.2, -0.15) is 0 Å². The van der Waals surface area contributed by atoms with Crippen LogP contribution in [-0.4, -0.2) is 12.6 Å². The van der Waals surface area contributed by atoms with Gasteiger partial charge in [-0.1, -0.05) is 26.0 Å². The van der Waals surface area contributed by atoms with Gasteiger partial charge in [0.05, 0.1) is 12.0 Å². The molecule has 2 rings (SSSR count). The molecule has 1 aromatic heterocycles. The van der Waals surface area contributed by atoms with Crippen LogP contribution in [0.25, 0.3) is 11.0 Å². The molecular formula is C15H16O4. The summed E-state index contributed by atoms with van der Waals surface area (Å²) in [6, 6.07) is 6.59. The van der Waals surface area contributed by atoms with Crippen molar-refractivity contribution < 1.29 is 13.9 Å². The maximum Gasteiger partial charge on any atom is 0.374 e. The Labute approximate surface area is 111 Å². The Hall–Kier alpha value is -2.10. The van der Waals surface area contributed by atoms with Crippen LogP contribution >= 0.6 is 0 Å². The minimum atomic E-state index is -0.611. The van der Waals surface area contributed by atoms with Gasteiger partial charge in [-0.15, -0.1) is 0 Å². The van der Waals surface area contributed by atoms with Gasteiger partial charge in [0, 0.05) is 6.07 Å². The summed E-state index contributed by atoms with van der Waals surface area (Å²) >= 11 is 0. The lowest BCUT2D eigenvalue weighted by Gasteiger charge is -2.09. The number of rotatable bonds is 3. The zero-order valence-corrected chi connectivity index (χ0v) is 11.2. The molecule has 0 saturated heterocycles. The average Bonchev–Trinajstić information content (AvgIpc) is 2.38. The van der Waals surface area contributed by atoms with Crippen LogP contribution in [0.5, 0.6) is 0 Å². The zero-order valence-electron chi connectivity index (χ0n) is 11.2. The van der Waals surface area contributed by atoms with E-state index >= 15 is 0 Å². The first-order chi connectivity index (χ1) is 9.04. The summed E-state index contributed by atoms with van der Waals surface area (Å²) in [4.78, 5) is 23.7. The third-order valence-corrected chi connectivity index (χ3v) is 2.88. The SMILES string of the molecule is CCOC(=O)c1cc(=O)c2cccc(C(C)C)c2o1. The molecule has 0 amide bonds. The van der Waals surface area contributed by atoms with Crippen molar-refractivity contribution in [3.63, 3.8) is 0 Å². The minimum absolute atomic E-state index is 0.0487. The van der Waals surface area contributed by atoms with Crippen LogP contribution in [-0.2, 0) is 4.74 Å². The van der Waals surface area contributed by atoms with E-state index in [0.717, 1.165) is 5.56 Å². The van der Waals surface area contributed by atoms with Gasteiger partial charge in [0.25, 0.3) is 0 Å². The molecule has 0 aliphatic rings. The maximum absolute atomic E-state index is 12.0. The number of hydrogen-bond donors (Lipinski definition) is 0. The molecule has 1 aromatic carbocycles. The highest BCUT2D eigenvalue weighted by molar-refractivity contribution is 5.89. The lowest BCUT2D eigenvalue weighted by molar-refractivity contribution is 0.0490. The fraction of sp³-hybridized carbons (Fsp3) is 0.333. The highest BCUT2D eigenvalue weighted by Crippen LogP contribution is 2.24. The summed E-state index contributed by atoms with van der Waals surface area (Å²) < 4.78 is 10.4. The zero-order chi connectivity index (χ0) is 14.0. The highest BCUT2D eigenvalue weighted by Gasteiger charge is 2.16. The molecule has 0 N–H and O–H groups in total. The molecule has 1 heterocycles. The largest absolute Gasteiger partial charge is 0.460 e. The molecule has 0 atom stereocenters. The van der Waals surface area contributed by atoms with Crippen molar-refractivity contribution >= 4 is 16.9 Å². The van der Waals surface area contributed by atoms with E-state index in [4.69, 9.17) is 9.15 Å². The number of carbonyl (C=O) groups is 1. The van der Waals surface area contributed by atoms with Crippen LogP contribution in [0, 0.1) is 0 Å². The lowest BCUT2D eigenvalue weighted by Crippen LogP contribution is -2.10. The smallest absolute Gasteiger partial charge is 0.374 e. The van der Waals surface area contributed by atoms with Crippen molar-refractivity contribution in [3.05, 3.63) is 45.8 Å². The number of carbonyl (C=O) groups excluding carboxylic acids is 1. The second-order valence-electron chi connectivity index (χ2n) is 4.57. The Morgan fingerprint density at radius 2 is 2.11 bits per heavy atom. The summed E-state index contributed by atoms with van der Waals surface area (Å²) in [5.74, 6) is -0.461. The minimum Gasteiger partial charge on any atom is -0.460 e. The highest BCUT2D eigenvalue weighted by atomic mass is 16.5. The van der Waals surface area contributed by atoms with Gasteiger partial charge < -0.3 is 9.15 Å². The summed E-state index contributed by atoms with van der Waals surface area (Å²) in [6.07, 6.45) is 0. The van der Waals surface area contributed by atoms with Crippen molar-refractivity contribution in [2.45, 2.75) is 26.7 Å². The molecule has 0 aliphatic heterocycles. The molecule has 100 valence electrons. The molecule has 4 heteroatoms. The molecule has 0 radical (unpaired) electrons. The van der Waals surface area contributed by atoms with Gasteiger partial charge in [-0.25, -0.2) is 4.79 Å². The summed E-state index contributed by atoms with van der Waals surface area (Å²) in [6.45, 7) is 5.96. The number of benzene rings is 1. The number of ether oxygens (including phenoxy) is 1. The molecule has 19 heavy (non-hydrogen) atoms. The molecule has 0 fully saturated rings. The van der Waals surface area contributed by atoms with E-state index in [-0.39, 0.29) is 23.7 Å². The van der Waals surface area contributed by atoms with E-state index in [1.165, 1.54) is 6.07 Å². The number of fused-ring (bicyclic) bond motifs is 1. The normalized spacial score (nSPS) is 10.9. The number of esters is 1.